The number of hydrogen-bond acceptors (Lipinski definition) is 8. The number of carboxylic acid groups (broad SMARTS) is 1. The molecule has 1 aliphatic carbocycles. The minimum atomic E-state index is -1.17. The van der Waals surface area contributed by atoms with E-state index in [4.69, 9.17) is 20.2 Å². The Balaban J connectivity index is 1.39. The summed E-state index contributed by atoms with van der Waals surface area (Å²) in [6.45, 7) is 2.89. The minimum Gasteiger partial charge on any atom is -0.535 e. The summed E-state index contributed by atoms with van der Waals surface area (Å²) in [5.41, 5.74) is 5.70. The van der Waals surface area contributed by atoms with Crippen molar-refractivity contribution in [2.75, 3.05) is 32.8 Å². The van der Waals surface area contributed by atoms with E-state index in [2.05, 4.69) is 5.32 Å². The van der Waals surface area contributed by atoms with Gasteiger partial charge < -0.3 is 35.7 Å². The average Bonchev–Trinajstić information content (AvgIpc) is 3.45. The molecule has 1 saturated carbocycles. The number of nitrogens with zero attached hydrogens (tertiary/aromatic N) is 1. The highest BCUT2D eigenvalue weighted by Gasteiger charge is 2.54. The fraction of sp³-hybridized carbons (Fsp3) is 0.579. The summed E-state index contributed by atoms with van der Waals surface area (Å²) in [7, 11) is -0.991. The Bertz CT molecular complexity index is 859. The van der Waals surface area contributed by atoms with Gasteiger partial charge >= 0.3 is 13.1 Å². The summed E-state index contributed by atoms with van der Waals surface area (Å²) in [6.07, 6.45) is 0.536. The molecule has 1 amide bonds. The molecule has 0 aromatic heterocycles. The number of benzene rings is 1. The number of nitrogens with one attached hydrogen (secondary N) is 1. The zero-order chi connectivity index (χ0) is 21.6. The van der Waals surface area contributed by atoms with Gasteiger partial charge in [0, 0.05) is 32.0 Å². The number of carboxylic acids is 1. The van der Waals surface area contributed by atoms with Crippen LogP contribution in [-0.4, -0.2) is 83.6 Å². The van der Waals surface area contributed by atoms with E-state index in [1.54, 1.807) is 13.0 Å². The number of hydrogen-bond donors (Lipinski definition) is 5. The van der Waals surface area contributed by atoms with Gasteiger partial charge in [-0.3, -0.25) is 9.69 Å². The molecule has 11 heteroatoms. The standard InChI is InChI=1S/C19H26BN3O7/c1-19(21,18(27)22-4-5-24)9-23-7-10(8-23)29-14-3-2-11-12-6-13(12)20(28)30-16(11)15(14)17(25)26/h2-3,10,12-13,24,28H,4-9,21H2,1H3,(H,22,27)(H,25,26)/t12-,13-,19?/m0/s1. The Kier molecular flexibility index (Phi) is 5.39. The van der Waals surface area contributed by atoms with Gasteiger partial charge in [0.15, 0.2) is 0 Å². The van der Waals surface area contributed by atoms with Gasteiger partial charge in [-0.25, -0.2) is 4.79 Å². The molecular weight excluding hydrogens is 393 g/mol. The van der Waals surface area contributed by atoms with Crippen molar-refractivity contribution in [2.45, 2.75) is 36.7 Å². The normalized spacial score (nSPS) is 24.6. The molecular formula is C19H26BN3O7. The number of aromatic carboxylic acids is 1. The Hall–Kier alpha value is -2.34. The second-order valence-corrected chi connectivity index (χ2v) is 8.51. The first-order chi connectivity index (χ1) is 14.2. The minimum absolute atomic E-state index is 0.0336. The van der Waals surface area contributed by atoms with Crippen LogP contribution in [0, 0.1) is 0 Å². The first-order valence-corrected chi connectivity index (χ1v) is 10.0. The van der Waals surface area contributed by atoms with Gasteiger partial charge in [-0.15, -0.1) is 0 Å². The number of ether oxygens (including phenoxy) is 1. The molecule has 2 fully saturated rings. The number of likely N-dealkylation sites (tertiary alicyclic amines) is 1. The quantitative estimate of drug-likeness (QED) is 0.334. The molecule has 2 aliphatic heterocycles. The summed E-state index contributed by atoms with van der Waals surface area (Å²) in [4.78, 5) is 25.9. The topological polar surface area (TPSA) is 155 Å². The van der Waals surface area contributed by atoms with Gasteiger partial charge in [0.05, 0.1) is 6.61 Å². The van der Waals surface area contributed by atoms with Crippen LogP contribution >= 0.6 is 0 Å². The molecule has 162 valence electrons. The molecule has 10 nitrogen and oxygen atoms in total. The van der Waals surface area contributed by atoms with Gasteiger partial charge in [0.1, 0.15) is 28.7 Å². The summed E-state index contributed by atoms with van der Waals surface area (Å²) in [5, 5.41) is 31.1. The Labute approximate surface area is 174 Å². The highest BCUT2D eigenvalue weighted by Crippen LogP contribution is 2.60. The van der Waals surface area contributed by atoms with Crippen molar-refractivity contribution < 1.29 is 34.2 Å². The molecule has 2 heterocycles. The Morgan fingerprint density at radius 1 is 1.43 bits per heavy atom. The summed E-state index contributed by atoms with van der Waals surface area (Å²) < 4.78 is 11.4. The van der Waals surface area contributed by atoms with E-state index < -0.39 is 18.6 Å². The number of amides is 1. The molecule has 3 atom stereocenters. The maximum absolute atomic E-state index is 12.1. The third-order valence-electron chi connectivity index (χ3n) is 5.89. The van der Waals surface area contributed by atoms with E-state index in [9.17, 15) is 19.7 Å². The van der Waals surface area contributed by atoms with E-state index in [1.807, 2.05) is 11.0 Å². The lowest BCUT2D eigenvalue weighted by atomic mass is 9.77. The molecule has 0 bridgehead atoms. The lowest BCUT2D eigenvalue weighted by Crippen LogP contribution is -2.64. The zero-order valence-electron chi connectivity index (χ0n) is 16.7. The molecule has 0 spiro atoms. The van der Waals surface area contributed by atoms with Crippen LogP contribution in [0.5, 0.6) is 11.5 Å². The SMILES string of the molecule is CC(N)(CN1CC(Oc2ccc3c(c2C(=O)O)OB(O)[C@H]2C[C@@H]32)C1)C(=O)NCCO. The Morgan fingerprint density at radius 2 is 2.17 bits per heavy atom. The number of aliphatic hydroxyl groups excluding tert-OH is 1. The van der Waals surface area contributed by atoms with Crippen molar-refractivity contribution in [1.29, 1.82) is 0 Å². The van der Waals surface area contributed by atoms with Gasteiger partial charge in [-0.1, -0.05) is 6.07 Å². The van der Waals surface area contributed by atoms with Crippen molar-refractivity contribution in [3.63, 3.8) is 0 Å². The van der Waals surface area contributed by atoms with E-state index >= 15 is 0 Å². The summed E-state index contributed by atoms with van der Waals surface area (Å²) >= 11 is 0. The first-order valence-electron chi connectivity index (χ1n) is 10.0. The van der Waals surface area contributed by atoms with Gasteiger partial charge in [0.25, 0.3) is 0 Å². The molecule has 1 saturated heterocycles. The maximum atomic E-state index is 12.1. The third kappa shape index (κ3) is 3.85. The lowest BCUT2D eigenvalue weighted by molar-refractivity contribution is -0.127. The lowest BCUT2D eigenvalue weighted by Gasteiger charge is -2.42. The van der Waals surface area contributed by atoms with Gasteiger partial charge in [-0.2, -0.15) is 0 Å². The number of rotatable bonds is 8. The van der Waals surface area contributed by atoms with Crippen LogP contribution < -0.4 is 20.4 Å². The third-order valence-corrected chi connectivity index (χ3v) is 5.89. The van der Waals surface area contributed by atoms with E-state index in [-0.39, 0.29) is 54.0 Å². The van der Waals surface area contributed by atoms with Crippen LogP contribution in [0.25, 0.3) is 0 Å². The zero-order valence-corrected chi connectivity index (χ0v) is 16.7. The first kappa shape index (κ1) is 20.9. The van der Waals surface area contributed by atoms with Crippen LogP contribution in [0.15, 0.2) is 12.1 Å². The van der Waals surface area contributed by atoms with Crippen molar-refractivity contribution >= 4 is 19.0 Å². The predicted molar refractivity (Wildman–Crippen MR) is 107 cm³/mol. The van der Waals surface area contributed by atoms with Crippen LogP contribution in [0.3, 0.4) is 0 Å². The van der Waals surface area contributed by atoms with Crippen LogP contribution in [0.2, 0.25) is 5.82 Å². The molecule has 6 N–H and O–H groups in total. The fourth-order valence-corrected chi connectivity index (χ4v) is 4.21. The maximum Gasteiger partial charge on any atom is 0.526 e. The van der Waals surface area contributed by atoms with Crippen molar-refractivity contribution in [2.24, 2.45) is 5.73 Å². The largest absolute Gasteiger partial charge is 0.535 e. The van der Waals surface area contributed by atoms with Gasteiger partial charge in [0.2, 0.25) is 5.91 Å². The van der Waals surface area contributed by atoms with E-state index in [1.165, 1.54) is 0 Å². The number of carbonyl (C=O) groups is 2. The molecule has 4 rings (SSSR count). The van der Waals surface area contributed by atoms with Crippen LogP contribution in [-0.2, 0) is 4.79 Å². The van der Waals surface area contributed by atoms with E-state index in [0.29, 0.717) is 19.6 Å². The second-order valence-electron chi connectivity index (χ2n) is 8.51. The number of carbonyl (C=O) groups excluding carboxylic acids is 1. The number of nitrogens with two attached hydrogens (primary N) is 1. The summed E-state index contributed by atoms with van der Waals surface area (Å²) in [6, 6.07) is 3.46. The smallest absolute Gasteiger partial charge is 0.526 e. The van der Waals surface area contributed by atoms with Crippen LogP contribution in [0.1, 0.15) is 35.2 Å². The molecule has 30 heavy (non-hydrogen) atoms. The average molecular weight is 419 g/mol. The van der Waals surface area contributed by atoms with Gasteiger partial charge in [-0.05, 0) is 30.9 Å². The molecule has 1 aromatic carbocycles. The van der Waals surface area contributed by atoms with Crippen molar-refractivity contribution in [3.8, 4) is 11.5 Å². The van der Waals surface area contributed by atoms with Crippen LogP contribution in [0.4, 0.5) is 0 Å². The molecule has 1 aromatic rings. The fourth-order valence-electron chi connectivity index (χ4n) is 4.21. The van der Waals surface area contributed by atoms with Crippen molar-refractivity contribution in [1.82, 2.24) is 10.2 Å². The molecule has 3 aliphatic rings. The summed E-state index contributed by atoms with van der Waals surface area (Å²) in [5.74, 6) is -0.955. The predicted octanol–water partition coefficient (Wildman–Crippen LogP) is -0.996. The van der Waals surface area contributed by atoms with E-state index in [0.717, 1.165) is 12.0 Å². The Morgan fingerprint density at radius 3 is 2.83 bits per heavy atom. The molecule has 0 radical (unpaired) electrons. The monoisotopic (exact) mass is 419 g/mol. The highest BCUT2D eigenvalue weighted by atomic mass is 16.5. The molecule has 1 unspecified atom stereocenters. The number of fused-ring (bicyclic) bond motifs is 3. The highest BCUT2D eigenvalue weighted by molar-refractivity contribution is 6.48. The second kappa shape index (κ2) is 7.73. The van der Waals surface area contributed by atoms with Crippen molar-refractivity contribution in [3.05, 3.63) is 23.3 Å². The number of aliphatic hydroxyl groups is 1.